The molecular formula is C40H71NO13. The highest BCUT2D eigenvalue weighted by molar-refractivity contribution is 5.83. The van der Waals surface area contributed by atoms with Gasteiger partial charge in [0, 0.05) is 37.3 Å². The van der Waals surface area contributed by atoms with Crippen molar-refractivity contribution in [3.05, 3.63) is 12.7 Å². The van der Waals surface area contributed by atoms with Gasteiger partial charge in [-0.05, 0) is 74.9 Å². The predicted octanol–water partition coefficient (Wildman–Crippen LogP) is 3.00. The molecule has 314 valence electrons. The molecule has 4 N–H and O–H groups in total. The van der Waals surface area contributed by atoms with Gasteiger partial charge in [-0.3, -0.25) is 9.59 Å². The average molecular weight is 774 g/mol. The van der Waals surface area contributed by atoms with Crippen LogP contribution in [0.4, 0.5) is 0 Å². The van der Waals surface area contributed by atoms with Gasteiger partial charge in [-0.25, -0.2) is 0 Å². The number of Topliss-reactive ketones (excluding diaryl/α,β-unsaturated/α-hetero) is 1. The molecule has 0 bridgehead atoms. The number of carbonyl (C=O) groups excluding carboxylic acids is 2. The Labute approximate surface area is 322 Å². The summed E-state index contributed by atoms with van der Waals surface area (Å²) in [6, 6.07) is -0.300. The maximum absolute atomic E-state index is 14.3. The first-order valence-corrected chi connectivity index (χ1v) is 19.6. The van der Waals surface area contributed by atoms with E-state index in [-0.39, 0.29) is 43.8 Å². The Hall–Kier alpha value is -1.56. The number of cyclic esters (lactones) is 1. The van der Waals surface area contributed by atoms with E-state index in [0.29, 0.717) is 6.42 Å². The summed E-state index contributed by atoms with van der Waals surface area (Å²) in [4.78, 5) is 30.3. The number of hydrogen-bond donors (Lipinski definition) is 4. The SMILES string of the molecule is C=CCO[C@]1(C)C[C@@H](C)C(=O)[C@H](C)[C@@H](O)[C@](C)(O)C(CC)OC(=O)[C@H](C)C(O[C@H]2C[C@@](C)(OC)[C@@H](O)[C@H](C)O2)[C@H](C)[C@H]1O[C@@H]1O[C@H](C)C[C@H](N(C)C)[C@H]1O. The molecule has 3 aliphatic rings. The maximum atomic E-state index is 14.3. The van der Waals surface area contributed by atoms with Crippen molar-refractivity contribution in [1.29, 1.82) is 0 Å². The average Bonchev–Trinajstić information content (AvgIpc) is 3.11. The van der Waals surface area contributed by atoms with Crippen LogP contribution in [0.1, 0.15) is 94.9 Å². The first-order chi connectivity index (χ1) is 25.0. The second kappa shape index (κ2) is 18.8. The van der Waals surface area contributed by atoms with Crippen molar-refractivity contribution in [2.75, 3.05) is 27.8 Å². The lowest BCUT2D eigenvalue weighted by atomic mass is 9.73. The fourth-order valence-corrected chi connectivity index (χ4v) is 8.78. The third kappa shape index (κ3) is 10.1. The van der Waals surface area contributed by atoms with E-state index in [0.717, 1.165) is 0 Å². The molecule has 0 aliphatic carbocycles. The van der Waals surface area contributed by atoms with Gasteiger partial charge in [-0.1, -0.05) is 33.8 Å². The number of ketones is 1. The van der Waals surface area contributed by atoms with Gasteiger partial charge >= 0.3 is 5.97 Å². The summed E-state index contributed by atoms with van der Waals surface area (Å²) in [6.45, 7) is 21.0. The topological polar surface area (TPSA) is 183 Å². The van der Waals surface area contributed by atoms with Crippen LogP contribution in [0.15, 0.2) is 12.7 Å². The molecule has 18 atom stereocenters. The molecular weight excluding hydrogens is 702 g/mol. The lowest BCUT2D eigenvalue weighted by Crippen LogP contribution is -2.61. The van der Waals surface area contributed by atoms with E-state index in [2.05, 4.69) is 6.58 Å². The Bertz CT molecular complexity index is 1250. The van der Waals surface area contributed by atoms with Gasteiger partial charge in [0.25, 0.3) is 0 Å². The molecule has 3 aliphatic heterocycles. The van der Waals surface area contributed by atoms with Crippen molar-refractivity contribution in [3.63, 3.8) is 0 Å². The molecule has 14 heteroatoms. The van der Waals surface area contributed by atoms with Crippen molar-refractivity contribution in [3.8, 4) is 0 Å². The van der Waals surface area contributed by atoms with Crippen molar-refractivity contribution < 1.29 is 63.2 Å². The van der Waals surface area contributed by atoms with Crippen LogP contribution in [-0.4, -0.2) is 149 Å². The van der Waals surface area contributed by atoms with Gasteiger partial charge in [-0.15, -0.1) is 6.58 Å². The number of esters is 1. The second-order valence-electron chi connectivity index (χ2n) is 17.0. The van der Waals surface area contributed by atoms with E-state index in [9.17, 15) is 30.0 Å². The third-order valence-corrected chi connectivity index (χ3v) is 12.3. The molecule has 0 amide bonds. The molecule has 0 radical (unpaired) electrons. The van der Waals surface area contributed by atoms with E-state index in [1.54, 1.807) is 54.5 Å². The Morgan fingerprint density at radius 3 is 2.11 bits per heavy atom. The van der Waals surface area contributed by atoms with Crippen molar-refractivity contribution in [2.45, 2.75) is 179 Å². The van der Waals surface area contributed by atoms with Crippen LogP contribution in [0.25, 0.3) is 0 Å². The number of rotatable bonds is 10. The minimum absolute atomic E-state index is 0.0658. The van der Waals surface area contributed by atoms with Gasteiger partial charge < -0.3 is 58.5 Å². The zero-order valence-electron chi connectivity index (χ0n) is 34.9. The van der Waals surface area contributed by atoms with Crippen molar-refractivity contribution in [1.82, 2.24) is 4.90 Å². The summed E-state index contributed by atoms with van der Waals surface area (Å²) in [5.41, 5.74) is -4.33. The van der Waals surface area contributed by atoms with Crippen molar-refractivity contribution in [2.24, 2.45) is 23.7 Å². The van der Waals surface area contributed by atoms with E-state index in [1.807, 2.05) is 32.8 Å². The van der Waals surface area contributed by atoms with Gasteiger partial charge in [0.15, 0.2) is 12.6 Å². The van der Waals surface area contributed by atoms with Crippen LogP contribution >= 0.6 is 0 Å². The minimum Gasteiger partial charge on any atom is -0.459 e. The van der Waals surface area contributed by atoms with Crippen LogP contribution in [0.3, 0.4) is 0 Å². The van der Waals surface area contributed by atoms with E-state index < -0.39 is 102 Å². The largest absolute Gasteiger partial charge is 0.459 e. The van der Waals surface area contributed by atoms with Gasteiger partial charge in [0.1, 0.15) is 29.7 Å². The van der Waals surface area contributed by atoms with Gasteiger partial charge in [0.05, 0.1) is 54.2 Å². The van der Waals surface area contributed by atoms with Crippen molar-refractivity contribution >= 4 is 11.8 Å². The molecule has 2 unspecified atom stereocenters. The Balaban J connectivity index is 2.27. The highest BCUT2D eigenvalue weighted by Gasteiger charge is 2.54. The molecule has 54 heavy (non-hydrogen) atoms. The summed E-state index contributed by atoms with van der Waals surface area (Å²) >= 11 is 0. The molecule has 0 aromatic carbocycles. The third-order valence-electron chi connectivity index (χ3n) is 12.3. The summed E-state index contributed by atoms with van der Waals surface area (Å²) in [7, 11) is 5.25. The lowest BCUT2D eigenvalue weighted by molar-refractivity contribution is -0.320. The van der Waals surface area contributed by atoms with E-state index in [1.165, 1.54) is 14.0 Å². The highest BCUT2D eigenvalue weighted by Crippen LogP contribution is 2.42. The van der Waals surface area contributed by atoms with Gasteiger partial charge in [0.2, 0.25) is 0 Å². The number of aliphatic hydroxyl groups excluding tert-OH is 3. The van der Waals surface area contributed by atoms with E-state index in [4.69, 9.17) is 33.2 Å². The zero-order chi connectivity index (χ0) is 41.1. The molecule has 14 nitrogen and oxygen atoms in total. The number of nitrogens with zero attached hydrogens (tertiary/aromatic N) is 1. The number of hydrogen-bond acceptors (Lipinski definition) is 14. The van der Waals surface area contributed by atoms with Crippen LogP contribution in [0.2, 0.25) is 0 Å². The lowest BCUT2D eigenvalue weighted by Gasteiger charge is -2.50. The van der Waals surface area contributed by atoms with Crippen LogP contribution in [0, 0.1) is 23.7 Å². The Morgan fingerprint density at radius 1 is 0.926 bits per heavy atom. The normalized spacial score (nSPS) is 47.6. The fourth-order valence-electron chi connectivity index (χ4n) is 8.78. The molecule has 0 aromatic heterocycles. The summed E-state index contributed by atoms with van der Waals surface area (Å²) in [5, 5.41) is 45.8. The van der Waals surface area contributed by atoms with Crippen LogP contribution in [-0.2, 0) is 42.7 Å². The second-order valence-corrected chi connectivity index (χ2v) is 17.0. The maximum Gasteiger partial charge on any atom is 0.311 e. The highest BCUT2D eigenvalue weighted by atomic mass is 16.7. The predicted molar refractivity (Wildman–Crippen MR) is 200 cm³/mol. The molecule has 3 saturated heterocycles. The number of likely N-dealkylation sites (N-methyl/N-ethyl adjacent to an activating group) is 1. The minimum atomic E-state index is -1.98. The first-order valence-electron chi connectivity index (χ1n) is 19.6. The monoisotopic (exact) mass is 773 g/mol. The summed E-state index contributed by atoms with van der Waals surface area (Å²) in [5.74, 6) is -4.60. The quantitative estimate of drug-likeness (QED) is 0.188. The fraction of sp³-hybridized carbons (Fsp3) is 0.900. The molecule has 0 aromatic rings. The molecule has 3 fully saturated rings. The summed E-state index contributed by atoms with van der Waals surface area (Å²) < 4.78 is 44.4. The number of aliphatic hydroxyl groups is 4. The number of ether oxygens (including phenoxy) is 7. The number of carbonyl (C=O) groups is 2. The standard InChI is InChI=1S/C40H71NO13/c1-15-17-49-39(10)19-21(3)30(42)23(5)33(44)40(11,47)28(16-2)52-36(46)25(7)32(53-29-20-38(9,48-14)34(45)26(8)51-29)24(6)35(39)54-37-31(43)27(41(12)13)18-22(4)50-37/h15,21-29,31-35,37,43-45,47H,1,16-20H2,2-14H3/t21-,22-,23+,24+,25-,26+,27+,28?,29+,31-,32?,33-,34+,35-,37+,38-,39-,40-/m1/s1. The first kappa shape index (κ1) is 46.8. The zero-order valence-corrected chi connectivity index (χ0v) is 34.9. The van der Waals surface area contributed by atoms with E-state index >= 15 is 0 Å². The molecule has 3 heterocycles. The van der Waals surface area contributed by atoms with Crippen LogP contribution < -0.4 is 0 Å². The van der Waals surface area contributed by atoms with Crippen LogP contribution in [0.5, 0.6) is 0 Å². The molecule has 0 spiro atoms. The molecule has 0 saturated carbocycles. The van der Waals surface area contributed by atoms with Gasteiger partial charge in [-0.2, -0.15) is 0 Å². The smallest absolute Gasteiger partial charge is 0.311 e. The summed E-state index contributed by atoms with van der Waals surface area (Å²) in [6.07, 6.45) is -7.41. The molecule has 3 rings (SSSR count). The Morgan fingerprint density at radius 2 is 1.56 bits per heavy atom. The number of methoxy groups -OCH3 is 1. The Kier molecular flexibility index (Phi) is 16.3.